The number of aromatic amines is 1. The maximum absolute atomic E-state index is 12.8. The van der Waals surface area contributed by atoms with E-state index in [0.717, 1.165) is 10.4 Å². The highest BCUT2D eigenvalue weighted by atomic mass is 32.1. The second kappa shape index (κ2) is 10.9. The van der Waals surface area contributed by atoms with E-state index in [0.29, 0.717) is 44.3 Å². The summed E-state index contributed by atoms with van der Waals surface area (Å²) in [5.41, 5.74) is 6.44. The highest BCUT2D eigenvalue weighted by molar-refractivity contribution is 7.13. The minimum atomic E-state index is -0.547. The first-order valence-electron chi connectivity index (χ1n) is 10.8. The van der Waals surface area contributed by atoms with Crippen molar-refractivity contribution in [1.29, 1.82) is 0 Å². The molecule has 34 heavy (non-hydrogen) atoms. The molecule has 0 spiro atoms. The molecule has 3 N–H and O–H groups in total. The van der Waals surface area contributed by atoms with E-state index in [1.54, 1.807) is 18.4 Å². The molecule has 0 saturated heterocycles. The lowest BCUT2D eigenvalue weighted by Gasteiger charge is -2.25. The van der Waals surface area contributed by atoms with Gasteiger partial charge in [0.05, 0.1) is 18.0 Å². The molecule has 0 bridgehead atoms. The molecule has 0 aliphatic carbocycles. The Morgan fingerprint density at radius 3 is 2.74 bits per heavy atom. The fraction of sp³-hybridized carbons (Fsp3) is 0.304. The van der Waals surface area contributed by atoms with Gasteiger partial charge in [-0.1, -0.05) is 41.6 Å². The van der Waals surface area contributed by atoms with E-state index < -0.39 is 11.2 Å². The van der Waals surface area contributed by atoms with Gasteiger partial charge in [-0.05, 0) is 23.4 Å². The van der Waals surface area contributed by atoms with Crippen molar-refractivity contribution < 1.29 is 9.26 Å². The summed E-state index contributed by atoms with van der Waals surface area (Å²) in [4.78, 5) is 34.9. The van der Waals surface area contributed by atoms with Crippen LogP contribution in [0.15, 0.2) is 62.0 Å². The number of rotatable bonds is 11. The lowest BCUT2D eigenvalue weighted by Crippen LogP contribution is -2.40. The standard InChI is InChI=1S/C23H26N6O4S/c1-32-13-12-28(11-5-10-18-25-21(27-33-18)17-9-6-14-34-17)19-20(24)29(23(31)26-22(19)30)15-16-7-3-2-4-8-16/h2-4,6-9,14H,5,10-13,15,24H2,1H3,(H,26,30,31). The van der Waals surface area contributed by atoms with Crippen molar-refractivity contribution in [2.24, 2.45) is 0 Å². The van der Waals surface area contributed by atoms with E-state index in [1.165, 1.54) is 4.57 Å². The number of H-pyrrole nitrogens is 1. The second-order valence-electron chi connectivity index (χ2n) is 7.64. The molecule has 3 heterocycles. The van der Waals surface area contributed by atoms with Gasteiger partial charge in [0.25, 0.3) is 5.56 Å². The predicted molar refractivity (Wildman–Crippen MR) is 131 cm³/mol. The highest BCUT2D eigenvalue weighted by Gasteiger charge is 2.19. The summed E-state index contributed by atoms with van der Waals surface area (Å²) < 4.78 is 12.0. The maximum atomic E-state index is 12.8. The van der Waals surface area contributed by atoms with E-state index in [4.69, 9.17) is 15.0 Å². The van der Waals surface area contributed by atoms with Crippen molar-refractivity contribution >= 4 is 22.8 Å². The van der Waals surface area contributed by atoms with Gasteiger partial charge >= 0.3 is 5.69 Å². The second-order valence-corrected chi connectivity index (χ2v) is 8.58. The van der Waals surface area contributed by atoms with Crippen molar-refractivity contribution in [2.75, 3.05) is 37.4 Å². The van der Waals surface area contributed by atoms with Gasteiger partial charge < -0.3 is 19.9 Å². The topological polar surface area (TPSA) is 132 Å². The Balaban J connectivity index is 1.53. The number of methoxy groups -OCH3 is 1. The first kappa shape index (κ1) is 23.5. The minimum Gasteiger partial charge on any atom is -0.383 e. The van der Waals surface area contributed by atoms with Gasteiger partial charge in [-0.3, -0.25) is 14.3 Å². The lowest BCUT2D eigenvalue weighted by molar-refractivity contribution is 0.205. The zero-order valence-electron chi connectivity index (χ0n) is 18.8. The number of nitrogen functional groups attached to an aromatic ring is 1. The molecular weight excluding hydrogens is 456 g/mol. The quantitative estimate of drug-likeness (QED) is 0.333. The Labute approximate surface area is 199 Å². The number of anilines is 2. The van der Waals surface area contributed by atoms with E-state index in [-0.39, 0.29) is 18.1 Å². The van der Waals surface area contributed by atoms with Crippen LogP contribution in [0.4, 0.5) is 11.5 Å². The number of hydrogen-bond acceptors (Lipinski definition) is 9. The molecule has 0 aliphatic heterocycles. The highest BCUT2D eigenvalue weighted by Crippen LogP contribution is 2.22. The van der Waals surface area contributed by atoms with Crippen LogP contribution in [0.25, 0.3) is 10.7 Å². The van der Waals surface area contributed by atoms with E-state index in [2.05, 4.69) is 15.1 Å². The molecule has 178 valence electrons. The molecule has 0 unspecified atom stereocenters. The monoisotopic (exact) mass is 482 g/mol. The van der Waals surface area contributed by atoms with Crippen molar-refractivity contribution in [1.82, 2.24) is 19.7 Å². The molecule has 0 aliphatic rings. The van der Waals surface area contributed by atoms with Gasteiger partial charge in [-0.15, -0.1) is 11.3 Å². The van der Waals surface area contributed by atoms with E-state index in [9.17, 15) is 9.59 Å². The Kier molecular flexibility index (Phi) is 7.55. The summed E-state index contributed by atoms with van der Waals surface area (Å²) in [6, 6.07) is 13.3. The average molecular weight is 483 g/mol. The number of aromatic nitrogens is 4. The van der Waals surface area contributed by atoms with Crippen molar-refractivity contribution in [3.8, 4) is 10.7 Å². The number of benzene rings is 1. The Morgan fingerprint density at radius 1 is 1.18 bits per heavy atom. The van der Waals surface area contributed by atoms with Crippen molar-refractivity contribution in [3.63, 3.8) is 0 Å². The largest absolute Gasteiger partial charge is 0.383 e. The van der Waals surface area contributed by atoms with Gasteiger partial charge in [0, 0.05) is 26.6 Å². The SMILES string of the molecule is COCCN(CCCc1nc(-c2cccs2)no1)c1c(N)n(Cc2ccccc2)c(=O)[nH]c1=O. The van der Waals surface area contributed by atoms with Crippen LogP contribution in [0.1, 0.15) is 17.9 Å². The summed E-state index contributed by atoms with van der Waals surface area (Å²) in [5.74, 6) is 1.20. The summed E-state index contributed by atoms with van der Waals surface area (Å²) in [6.07, 6.45) is 1.16. The minimum absolute atomic E-state index is 0.117. The Morgan fingerprint density at radius 2 is 2.00 bits per heavy atom. The molecule has 0 saturated carbocycles. The third kappa shape index (κ3) is 5.43. The zero-order chi connectivity index (χ0) is 23.9. The number of hydrogen-bond donors (Lipinski definition) is 2. The Hall–Kier alpha value is -3.70. The smallest absolute Gasteiger partial charge is 0.330 e. The molecule has 4 aromatic rings. The van der Waals surface area contributed by atoms with Crippen LogP contribution in [0.2, 0.25) is 0 Å². The van der Waals surface area contributed by atoms with Crippen molar-refractivity contribution in [2.45, 2.75) is 19.4 Å². The summed E-state index contributed by atoms with van der Waals surface area (Å²) in [7, 11) is 1.59. The van der Waals surface area contributed by atoms with Crippen LogP contribution in [-0.4, -0.2) is 46.5 Å². The number of aryl methyl sites for hydroxylation is 1. The first-order chi connectivity index (χ1) is 16.6. The molecule has 0 atom stereocenters. The van der Waals surface area contributed by atoms with Crippen LogP contribution < -0.4 is 21.9 Å². The van der Waals surface area contributed by atoms with Crippen LogP contribution in [0.5, 0.6) is 0 Å². The first-order valence-corrected chi connectivity index (χ1v) is 11.7. The fourth-order valence-electron chi connectivity index (χ4n) is 3.63. The number of thiophene rings is 1. The lowest BCUT2D eigenvalue weighted by atomic mass is 10.2. The summed E-state index contributed by atoms with van der Waals surface area (Å²) >= 11 is 1.54. The molecule has 11 heteroatoms. The molecule has 1 aromatic carbocycles. The third-order valence-corrected chi connectivity index (χ3v) is 6.17. The average Bonchev–Trinajstić information content (AvgIpc) is 3.52. The molecule has 3 aromatic heterocycles. The molecule has 0 radical (unpaired) electrons. The maximum Gasteiger partial charge on any atom is 0.330 e. The van der Waals surface area contributed by atoms with Crippen LogP contribution in [0.3, 0.4) is 0 Å². The zero-order valence-corrected chi connectivity index (χ0v) is 19.6. The molecule has 0 fully saturated rings. The fourth-order valence-corrected chi connectivity index (χ4v) is 4.28. The molecular formula is C23H26N6O4S. The van der Waals surface area contributed by atoms with Gasteiger partial charge in [0.1, 0.15) is 11.5 Å². The van der Waals surface area contributed by atoms with Gasteiger partial charge in [-0.25, -0.2) is 4.79 Å². The van der Waals surface area contributed by atoms with E-state index in [1.807, 2.05) is 52.7 Å². The Bertz CT molecular complexity index is 1310. The number of ether oxygens (including phenoxy) is 1. The van der Waals surface area contributed by atoms with Crippen LogP contribution in [-0.2, 0) is 17.7 Å². The van der Waals surface area contributed by atoms with E-state index >= 15 is 0 Å². The predicted octanol–water partition coefficient (Wildman–Crippen LogP) is 2.36. The van der Waals surface area contributed by atoms with Gasteiger partial charge in [0.2, 0.25) is 11.7 Å². The van der Waals surface area contributed by atoms with Gasteiger partial charge in [0.15, 0.2) is 0 Å². The molecule has 10 nitrogen and oxygen atoms in total. The molecule has 4 rings (SSSR count). The third-order valence-electron chi connectivity index (χ3n) is 5.31. The summed E-state index contributed by atoms with van der Waals surface area (Å²) in [6.45, 7) is 1.55. The van der Waals surface area contributed by atoms with Crippen LogP contribution >= 0.6 is 11.3 Å². The summed E-state index contributed by atoms with van der Waals surface area (Å²) in [5, 5.41) is 5.99. The normalized spacial score (nSPS) is 11.1. The number of nitrogens with one attached hydrogen (secondary N) is 1. The van der Waals surface area contributed by atoms with Gasteiger partial charge in [-0.2, -0.15) is 4.98 Å². The van der Waals surface area contributed by atoms with Crippen molar-refractivity contribution in [3.05, 3.63) is 80.1 Å². The number of nitrogens with two attached hydrogens (primary N) is 1. The number of nitrogens with zero attached hydrogens (tertiary/aromatic N) is 4. The van der Waals surface area contributed by atoms with Crippen LogP contribution in [0, 0.1) is 0 Å². The molecule has 0 amide bonds.